The lowest BCUT2D eigenvalue weighted by Crippen LogP contribution is -2.24. The van der Waals surface area contributed by atoms with Crippen LogP contribution in [-0.2, 0) is 6.54 Å². The van der Waals surface area contributed by atoms with Gasteiger partial charge in [0, 0.05) is 24.2 Å². The third kappa shape index (κ3) is 2.94. The van der Waals surface area contributed by atoms with E-state index in [0.717, 1.165) is 5.57 Å². The van der Waals surface area contributed by atoms with Crippen molar-refractivity contribution in [2.45, 2.75) is 13.5 Å². The molecule has 110 valence electrons. The fourth-order valence-electron chi connectivity index (χ4n) is 2.12. The Morgan fingerprint density at radius 3 is 2.73 bits per heavy atom. The number of nitro benzene ring substituents is 1. The van der Waals surface area contributed by atoms with Crippen LogP contribution in [-0.4, -0.2) is 9.49 Å². The smallest absolute Gasteiger partial charge is 0.270 e. The van der Waals surface area contributed by atoms with Crippen molar-refractivity contribution in [2.24, 2.45) is 0 Å². The van der Waals surface area contributed by atoms with Crippen molar-refractivity contribution < 1.29 is 4.92 Å². The number of allylic oxidation sites excluding steroid dienone is 1. The normalized spacial score (nSPS) is 10.0. The number of hydrogen-bond acceptors (Lipinski definition) is 4. The summed E-state index contributed by atoms with van der Waals surface area (Å²) >= 11 is 0. The van der Waals surface area contributed by atoms with Crippen molar-refractivity contribution in [1.29, 1.82) is 5.26 Å². The van der Waals surface area contributed by atoms with Gasteiger partial charge in [-0.3, -0.25) is 14.9 Å². The minimum Gasteiger partial charge on any atom is -0.303 e. The number of aromatic nitrogens is 1. The molecule has 0 aliphatic rings. The summed E-state index contributed by atoms with van der Waals surface area (Å²) in [5.74, 6) is 0. The molecule has 0 aliphatic carbocycles. The van der Waals surface area contributed by atoms with Crippen molar-refractivity contribution in [3.05, 3.63) is 74.6 Å². The van der Waals surface area contributed by atoms with E-state index in [1.807, 2.05) is 6.07 Å². The Morgan fingerprint density at radius 1 is 1.41 bits per heavy atom. The van der Waals surface area contributed by atoms with Crippen LogP contribution in [0.4, 0.5) is 5.69 Å². The second-order valence-corrected chi connectivity index (χ2v) is 4.90. The highest BCUT2D eigenvalue weighted by atomic mass is 16.6. The molecular formula is C16H13N3O3. The summed E-state index contributed by atoms with van der Waals surface area (Å²) in [6.07, 6.45) is 0. The predicted octanol–water partition coefficient (Wildman–Crippen LogP) is 2.87. The van der Waals surface area contributed by atoms with Crippen molar-refractivity contribution in [1.82, 2.24) is 4.57 Å². The topological polar surface area (TPSA) is 88.9 Å². The average molecular weight is 295 g/mol. The van der Waals surface area contributed by atoms with Gasteiger partial charge in [0.15, 0.2) is 0 Å². The van der Waals surface area contributed by atoms with E-state index in [2.05, 4.69) is 6.58 Å². The molecule has 0 fully saturated rings. The van der Waals surface area contributed by atoms with E-state index >= 15 is 0 Å². The summed E-state index contributed by atoms with van der Waals surface area (Å²) in [6, 6.07) is 10.9. The second kappa shape index (κ2) is 6.06. The SMILES string of the molecule is C=C(C)Cn1c(-c2cccc([N+](=O)[O-])c2)ccc(C#N)c1=O. The molecular weight excluding hydrogens is 282 g/mol. The molecule has 0 spiro atoms. The molecule has 1 aromatic heterocycles. The molecule has 0 amide bonds. The number of rotatable bonds is 4. The minimum atomic E-state index is -0.492. The van der Waals surface area contributed by atoms with E-state index in [9.17, 15) is 14.9 Å². The lowest BCUT2D eigenvalue weighted by atomic mass is 10.1. The predicted molar refractivity (Wildman–Crippen MR) is 82.3 cm³/mol. The molecule has 6 heteroatoms. The molecule has 0 bridgehead atoms. The Bertz CT molecular complexity index is 860. The van der Waals surface area contributed by atoms with Crippen LogP contribution in [0.3, 0.4) is 0 Å². The number of benzene rings is 1. The van der Waals surface area contributed by atoms with E-state index in [4.69, 9.17) is 5.26 Å². The molecule has 0 radical (unpaired) electrons. The molecule has 0 unspecified atom stereocenters. The van der Waals surface area contributed by atoms with Crippen LogP contribution in [0.2, 0.25) is 0 Å². The molecule has 1 aromatic carbocycles. The van der Waals surface area contributed by atoms with Gasteiger partial charge in [-0.25, -0.2) is 0 Å². The molecule has 0 saturated carbocycles. The maximum absolute atomic E-state index is 12.3. The van der Waals surface area contributed by atoms with Crippen molar-refractivity contribution >= 4 is 5.69 Å². The number of non-ortho nitro benzene ring substituents is 1. The van der Waals surface area contributed by atoms with Gasteiger partial charge >= 0.3 is 0 Å². The molecule has 0 N–H and O–H groups in total. The lowest BCUT2D eigenvalue weighted by molar-refractivity contribution is -0.384. The van der Waals surface area contributed by atoms with Crippen LogP contribution in [0.15, 0.2) is 53.3 Å². The van der Waals surface area contributed by atoms with Crippen LogP contribution in [0.25, 0.3) is 11.3 Å². The quantitative estimate of drug-likeness (QED) is 0.493. The first-order chi connectivity index (χ1) is 10.4. The molecule has 6 nitrogen and oxygen atoms in total. The maximum atomic E-state index is 12.3. The first-order valence-electron chi connectivity index (χ1n) is 6.47. The number of hydrogen-bond donors (Lipinski definition) is 0. The fraction of sp³-hybridized carbons (Fsp3) is 0.125. The highest BCUT2D eigenvalue weighted by Gasteiger charge is 2.13. The van der Waals surface area contributed by atoms with E-state index < -0.39 is 10.5 Å². The van der Waals surface area contributed by atoms with Crippen LogP contribution in [0.5, 0.6) is 0 Å². The molecule has 0 saturated heterocycles. The van der Waals surface area contributed by atoms with Gasteiger partial charge in [0.25, 0.3) is 11.2 Å². The first-order valence-corrected chi connectivity index (χ1v) is 6.47. The van der Waals surface area contributed by atoms with Crippen LogP contribution >= 0.6 is 0 Å². The van der Waals surface area contributed by atoms with Crippen LogP contribution < -0.4 is 5.56 Å². The zero-order chi connectivity index (χ0) is 16.3. The third-order valence-electron chi connectivity index (χ3n) is 3.08. The Labute approximate surface area is 126 Å². The van der Waals surface area contributed by atoms with Gasteiger partial charge in [-0.05, 0) is 19.1 Å². The highest BCUT2D eigenvalue weighted by Crippen LogP contribution is 2.23. The monoisotopic (exact) mass is 295 g/mol. The van der Waals surface area contributed by atoms with Gasteiger partial charge in [0.1, 0.15) is 11.6 Å². The summed E-state index contributed by atoms with van der Waals surface area (Å²) in [4.78, 5) is 22.7. The Balaban J connectivity index is 2.70. The van der Waals surface area contributed by atoms with Crippen LogP contribution in [0, 0.1) is 21.4 Å². The zero-order valence-corrected chi connectivity index (χ0v) is 11.9. The molecule has 2 aromatic rings. The van der Waals surface area contributed by atoms with Gasteiger partial charge in [-0.15, -0.1) is 0 Å². The Kier molecular flexibility index (Phi) is 4.18. The standard InChI is InChI=1S/C16H13N3O3/c1-11(2)10-18-15(7-6-13(9-17)16(18)20)12-4-3-5-14(8-12)19(21)22/h3-8H,1,10H2,2H3. The summed E-state index contributed by atoms with van der Waals surface area (Å²) < 4.78 is 1.40. The van der Waals surface area contributed by atoms with Gasteiger partial charge < -0.3 is 4.57 Å². The summed E-state index contributed by atoms with van der Waals surface area (Å²) in [5, 5.41) is 19.9. The van der Waals surface area contributed by atoms with E-state index in [0.29, 0.717) is 11.3 Å². The van der Waals surface area contributed by atoms with Crippen molar-refractivity contribution in [3.8, 4) is 17.3 Å². The highest BCUT2D eigenvalue weighted by molar-refractivity contribution is 5.63. The Hall–Kier alpha value is -3.20. The minimum absolute atomic E-state index is 0.0235. The number of pyridine rings is 1. The fourth-order valence-corrected chi connectivity index (χ4v) is 2.12. The van der Waals surface area contributed by atoms with Gasteiger partial charge in [0.2, 0.25) is 0 Å². The zero-order valence-electron chi connectivity index (χ0n) is 11.9. The lowest BCUT2D eigenvalue weighted by Gasteiger charge is -2.13. The Morgan fingerprint density at radius 2 is 2.14 bits per heavy atom. The van der Waals surface area contributed by atoms with Gasteiger partial charge in [0.05, 0.1) is 10.6 Å². The molecule has 2 rings (SSSR count). The van der Waals surface area contributed by atoms with Crippen LogP contribution in [0.1, 0.15) is 12.5 Å². The summed E-state index contributed by atoms with van der Waals surface area (Å²) in [6.45, 7) is 5.79. The number of nitriles is 1. The van der Waals surface area contributed by atoms with Gasteiger partial charge in [-0.1, -0.05) is 24.3 Å². The molecule has 1 heterocycles. The number of nitro groups is 1. The van der Waals surface area contributed by atoms with E-state index in [1.165, 1.54) is 22.8 Å². The summed E-state index contributed by atoms with van der Waals surface area (Å²) in [7, 11) is 0. The van der Waals surface area contributed by atoms with Crippen molar-refractivity contribution in [3.63, 3.8) is 0 Å². The molecule has 0 aliphatic heterocycles. The van der Waals surface area contributed by atoms with Crippen molar-refractivity contribution in [2.75, 3.05) is 0 Å². The molecule has 0 atom stereocenters. The number of nitrogens with zero attached hydrogens (tertiary/aromatic N) is 3. The largest absolute Gasteiger partial charge is 0.303 e. The second-order valence-electron chi connectivity index (χ2n) is 4.90. The first kappa shape index (κ1) is 15.2. The third-order valence-corrected chi connectivity index (χ3v) is 3.08. The maximum Gasteiger partial charge on any atom is 0.270 e. The van der Waals surface area contributed by atoms with E-state index in [-0.39, 0.29) is 17.8 Å². The average Bonchev–Trinajstić information content (AvgIpc) is 2.49. The van der Waals surface area contributed by atoms with E-state index in [1.54, 1.807) is 25.1 Å². The van der Waals surface area contributed by atoms with Gasteiger partial charge in [-0.2, -0.15) is 5.26 Å². The molecule has 22 heavy (non-hydrogen) atoms. The summed E-state index contributed by atoms with van der Waals surface area (Å²) in [5.41, 5.74) is 1.32.